The van der Waals surface area contributed by atoms with E-state index in [2.05, 4.69) is 26.6 Å². The monoisotopic (exact) mass is 1440 g/mol. The van der Waals surface area contributed by atoms with E-state index >= 15 is 0 Å². The summed E-state index contributed by atoms with van der Waals surface area (Å²) >= 11 is 0. The topological polar surface area (TPSA) is 398 Å². The normalized spacial score (nSPS) is 20.1. The first-order valence-corrected chi connectivity index (χ1v) is 34.3. The maximum atomic E-state index is 13.4. The number of nitrogens with two attached hydrogens (primary N) is 1. The van der Waals surface area contributed by atoms with Gasteiger partial charge in [0.15, 0.2) is 24.8 Å². The first-order valence-electron chi connectivity index (χ1n) is 34.3. The molecule has 560 valence electrons. The number of amides is 5. The fourth-order valence-electron chi connectivity index (χ4n) is 10.9. The van der Waals surface area contributed by atoms with Gasteiger partial charge in [0.1, 0.15) is 71.1 Å². The molecule has 0 radical (unpaired) electrons. The van der Waals surface area contributed by atoms with Gasteiger partial charge >= 0.3 is 5.97 Å². The van der Waals surface area contributed by atoms with Gasteiger partial charge in [-0.2, -0.15) is 0 Å². The van der Waals surface area contributed by atoms with E-state index in [0.29, 0.717) is 49.0 Å². The Morgan fingerprint density at radius 3 is 1.18 bits per heavy atom. The Morgan fingerprint density at radius 2 is 0.769 bits per heavy atom. The van der Waals surface area contributed by atoms with E-state index in [1.54, 1.807) is 14.2 Å². The second-order valence-corrected chi connectivity index (χ2v) is 24.4. The minimum atomic E-state index is -1.85. The number of benzene rings is 6. The standard InChI is InChI=1S/C49H68N6O15.C27H28N2O5/c1-29-9-15-33(16-10-29)67-34-19-13-31(14-20-34)37(30-11-17-32(64-2)18-12-30)53-27-25-51-35(56)21-22-36(57)52-26-28-55-46(62)44-42(65-3)38(58)41(61)49(70-44)68-43-39(59)40(60)48(66-4)69-45(43)47(63)54-24-8-6-5-7-23-50;1-19-3-9-23(10-4-19)34-24-13-7-21(8-14-24)27(20-5-11-22(33-2)12-6-20)29-18-17-28-25(30)15-16-26(31)32/h9-20,38-45,48-49,58-61H,5-8,21-28,50H2,1-4H3,(H,51,56)(H,52,57)(H,54,63)(H,55,62);3-14H,15-18H2,1-2H3,(H,28,30)(H,31,32)/t38-,39-,40?,41?,42+,43+,44?,45?,48-,49-;/m1./s1. The summed E-state index contributed by atoms with van der Waals surface area (Å²) < 4.78 is 50.1. The number of aliphatic hydroxyl groups is 4. The highest BCUT2D eigenvalue weighted by Crippen LogP contribution is 2.32. The van der Waals surface area contributed by atoms with Gasteiger partial charge in [0.05, 0.1) is 45.2 Å². The van der Waals surface area contributed by atoms with Gasteiger partial charge in [-0.15, -0.1) is 0 Å². The third-order valence-electron chi connectivity index (χ3n) is 16.6. The Morgan fingerprint density at radius 1 is 0.413 bits per heavy atom. The van der Waals surface area contributed by atoms with Crippen LogP contribution < -0.4 is 51.3 Å². The number of ether oxygens (including phenoxy) is 9. The van der Waals surface area contributed by atoms with Crippen molar-refractivity contribution in [1.82, 2.24) is 26.6 Å². The van der Waals surface area contributed by atoms with Crippen molar-refractivity contribution < 1.29 is 96.9 Å². The maximum absolute atomic E-state index is 13.4. The number of rotatable bonds is 37. The Labute approximate surface area is 604 Å². The first-order chi connectivity index (χ1) is 50.2. The summed E-state index contributed by atoms with van der Waals surface area (Å²) in [6.45, 7) is 5.82. The number of aliphatic imine (C=N–C) groups is 2. The molecule has 10 atom stereocenters. The quantitative estimate of drug-likeness (QED) is 0.0181. The van der Waals surface area contributed by atoms with Crippen LogP contribution in [0.15, 0.2) is 156 Å². The highest BCUT2D eigenvalue weighted by molar-refractivity contribution is 6.13. The lowest BCUT2D eigenvalue weighted by Gasteiger charge is -2.46. The number of carbonyl (C=O) groups excluding carboxylic acids is 5. The smallest absolute Gasteiger partial charge is 0.303 e. The fourth-order valence-corrected chi connectivity index (χ4v) is 10.9. The van der Waals surface area contributed by atoms with Gasteiger partial charge in [-0.25, -0.2) is 0 Å². The number of hydrogen-bond donors (Lipinski definition) is 11. The van der Waals surface area contributed by atoms with Crippen molar-refractivity contribution in [2.75, 3.05) is 80.8 Å². The number of aliphatic hydroxyl groups excluding tert-OH is 4. The highest BCUT2D eigenvalue weighted by Gasteiger charge is 2.54. The van der Waals surface area contributed by atoms with Gasteiger partial charge < -0.3 is 100 Å². The molecular weight excluding hydrogens is 1340 g/mol. The summed E-state index contributed by atoms with van der Waals surface area (Å²) in [5.74, 6) is 0.668. The Hall–Kier alpha value is -9.72. The third kappa shape index (κ3) is 25.6. The van der Waals surface area contributed by atoms with Gasteiger partial charge in [0.25, 0.3) is 11.8 Å². The summed E-state index contributed by atoms with van der Waals surface area (Å²) in [5, 5.41) is 65.7. The van der Waals surface area contributed by atoms with Crippen LogP contribution in [0.4, 0.5) is 0 Å². The summed E-state index contributed by atoms with van der Waals surface area (Å²) in [6, 6.07) is 45.9. The molecule has 0 aromatic heterocycles. The van der Waals surface area contributed by atoms with Crippen molar-refractivity contribution in [2.45, 2.75) is 127 Å². The number of unbranched alkanes of at least 4 members (excludes halogenated alkanes) is 3. The van der Waals surface area contributed by atoms with Crippen LogP contribution in [-0.2, 0) is 52.5 Å². The van der Waals surface area contributed by atoms with Crippen molar-refractivity contribution >= 4 is 46.9 Å². The minimum Gasteiger partial charge on any atom is -0.497 e. The summed E-state index contributed by atoms with van der Waals surface area (Å²) in [6.07, 6.45) is -13.9. The van der Waals surface area contributed by atoms with Gasteiger partial charge in [-0.1, -0.05) is 48.2 Å². The van der Waals surface area contributed by atoms with Crippen LogP contribution in [0, 0.1) is 13.8 Å². The zero-order valence-corrected chi connectivity index (χ0v) is 59.3. The molecule has 2 aliphatic heterocycles. The summed E-state index contributed by atoms with van der Waals surface area (Å²) in [4.78, 5) is 83.9. The molecule has 6 aromatic carbocycles. The number of methoxy groups -OCH3 is 4. The molecule has 0 bridgehead atoms. The van der Waals surface area contributed by atoms with Gasteiger partial charge in [-0.3, -0.25) is 38.8 Å². The second kappa shape index (κ2) is 42.8. The summed E-state index contributed by atoms with van der Waals surface area (Å²) in [5.41, 5.74) is 12.8. The molecule has 0 spiro atoms. The molecule has 2 fully saturated rings. The van der Waals surface area contributed by atoms with E-state index in [-0.39, 0.29) is 70.2 Å². The Bertz CT molecular complexity index is 3720. The summed E-state index contributed by atoms with van der Waals surface area (Å²) in [7, 11) is 5.61. The van der Waals surface area contributed by atoms with Gasteiger partial charge in [0.2, 0.25) is 17.7 Å². The number of hydrogen-bond acceptors (Lipinski definition) is 22. The molecule has 5 amide bonds. The number of nitrogens with one attached hydrogen (secondary N) is 5. The van der Waals surface area contributed by atoms with E-state index in [0.717, 1.165) is 70.0 Å². The number of nitrogens with zero attached hydrogens (tertiary/aromatic N) is 2. The van der Waals surface area contributed by atoms with E-state index in [4.69, 9.17) is 63.5 Å². The number of carboxylic acid groups (broad SMARTS) is 1. The molecule has 12 N–H and O–H groups in total. The molecule has 0 saturated carbocycles. The van der Waals surface area contributed by atoms with Crippen LogP contribution in [0.2, 0.25) is 0 Å². The predicted molar refractivity (Wildman–Crippen MR) is 385 cm³/mol. The number of carboxylic acids is 1. The Balaban J connectivity index is 0.000000370. The molecule has 28 nitrogen and oxygen atoms in total. The zero-order chi connectivity index (χ0) is 74.9. The zero-order valence-electron chi connectivity index (χ0n) is 59.3. The predicted octanol–water partition coefficient (Wildman–Crippen LogP) is 4.95. The number of carbonyl (C=O) groups is 6. The Kier molecular flexibility index (Phi) is 33.5. The minimum absolute atomic E-state index is 0.0441. The fraction of sp³-hybridized carbons (Fsp3) is 0.421. The van der Waals surface area contributed by atoms with Crippen molar-refractivity contribution in [3.05, 3.63) is 179 Å². The maximum Gasteiger partial charge on any atom is 0.303 e. The molecule has 2 heterocycles. The molecular formula is C76H96N8O20. The lowest BCUT2D eigenvalue weighted by Crippen LogP contribution is -2.67. The second-order valence-electron chi connectivity index (χ2n) is 24.4. The van der Waals surface area contributed by atoms with Crippen molar-refractivity contribution in [1.29, 1.82) is 0 Å². The molecule has 104 heavy (non-hydrogen) atoms. The van der Waals surface area contributed by atoms with E-state index < -0.39 is 85.1 Å². The number of aliphatic carboxylic acids is 1. The van der Waals surface area contributed by atoms with Crippen LogP contribution in [0.25, 0.3) is 0 Å². The van der Waals surface area contributed by atoms with Crippen molar-refractivity contribution in [2.24, 2.45) is 15.7 Å². The SMILES string of the molecule is COc1ccc(C(=NCCNC(=O)CCC(=O)NCCNC(=O)C2O[C@@H](O[C@@H]3C(C(=O)NCCCCCCN)O[C@@H](OC)C(O)[C@H]3O)C(O)[C@@H](O)[C@@H]2OC)c2ccc(Oc3ccc(C)cc3)cc2)cc1.COc1ccc(C(=NCCNC(=O)CCC(=O)O)c2ccc(Oc3ccc(C)cc3)cc2)cc1. The third-order valence-corrected chi connectivity index (χ3v) is 16.6. The van der Waals surface area contributed by atoms with Crippen molar-refractivity contribution in [3.8, 4) is 34.5 Å². The molecule has 4 unspecified atom stereocenters. The average molecular weight is 1440 g/mol. The van der Waals surface area contributed by atoms with Crippen LogP contribution in [0.5, 0.6) is 34.5 Å². The van der Waals surface area contributed by atoms with Gasteiger partial charge in [-0.05, 0) is 155 Å². The number of aryl methyl sites for hydroxylation is 2. The first kappa shape index (κ1) is 81.6. The molecule has 6 aromatic rings. The lowest BCUT2D eigenvalue weighted by atomic mass is 9.96. The van der Waals surface area contributed by atoms with Crippen LogP contribution in [-0.4, -0.2) is 215 Å². The van der Waals surface area contributed by atoms with E-state index in [1.165, 1.54) is 19.8 Å². The van der Waals surface area contributed by atoms with Gasteiger partial charge in [0, 0.05) is 88.5 Å². The highest BCUT2D eigenvalue weighted by atomic mass is 16.7. The van der Waals surface area contributed by atoms with Crippen molar-refractivity contribution in [3.63, 3.8) is 0 Å². The molecule has 2 saturated heterocycles. The van der Waals surface area contributed by atoms with E-state index in [9.17, 15) is 49.2 Å². The largest absolute Gasteiger partial charge is 0.497 e. The van der Waals surface area contributed by atoms with Crippen LogP contribution in [0.3, 0.4) is 0 Å². The molecule has 8 rings (SSSR count). The molecule has 2 aliphatic rings. The van der Waals surface area contributed by atoms with Crippen LogP contribution >= 0.6 is 0 Å². The van der Waals surface area contributed by atoms with E-state index in [1.807, 2.05) is 159 Å². The molecule has 0 aliphatic carbocycles. The van der Waals surface area contributed by atoms with Crippen LogP contribution in [0.1, 0.15) is 84.7 Å². The average Bonchev–Trinajstić information content (AvgIpc) is 0.778. The lowest BCUT2D eigenvalue weighted by molar-refractivity contribution is -0.346. The molecule has 28 heteroatoms.